The minimum absolute atomic E-state index is 0.551. The second-order valence-electron chi connectivity index (χ2n) is 11.0. The third-order valence-electron chi connectivity index (χ3n) is 9.00. The van der Waals surface area contributed by atoms with Crippen molar-refractivity contribution in [3.63, 3.8) is 0 Å². The topological polar surface area (TPSA) is 18.5 Å². The largest absolute Gasteiger partial charge is 0.381 e. The van der Waals surface area contributed by atoms with Gasteiger partial charge in [-0.3, -0.25) is 0 Å². The van der Waals surface area contributed by atoms with E-state index in [1.165, 1.54) is 128 Å². The summed E-state index contributed by atoms with van der Waals surface area (Å²) in [5.41, 5.74) is 0. The van der Waals surface area contributed by atoms with Crippen molar-refractivity contribution in [2.45, 2.75) is 141 Å². The average Bonchev–Trinajstić information content (AvgIpc) is 2.77. The van der Waals surface area contributed by atoms with E-state index in [1.54, 1.807) is 0 Å². The molecule has 0 saturated heterocycles. The highest BCUT2D eigenvalue weighted by Crippen LogP contribution is 2.39. The van der Waals surface area contributed by atoms with Crippen LogP contribution in [0.3, 0.4) is 0 Å². The normalized spacial score (nSPS) is 38.6. The van der Waals surface area contributed by atoms with E-state index in [1.807, 2.05) is 14.2 Å². The molecule has 4 unspecified atom stereocenters. The molecule has 0 spiro atoms. The summed E-state index contributed by atoms with van der Waals surface area (Å²) in [5, 5.41) is 0. The van der Waals surface area contributed by atoms with Crippen LogP contribution in [-0.4, -0.2) is 26.4 Å². The Morgan fingerprint density at radius 3 is 0.833 bits per heavy atom. The van der Waals surface area contributed by atoms with E-state index in [2.05, 4.69) is 0 Å². The fourth-order valence-corrected chi connectivity index (χ4v) is 7.40. The zero-order valence-corrected chi connectivity index (χ0v) is 20.4. The number of hydrogen-bond acceptors (Lipinski definition) is 2. The zero-order chi connectivity index (χ0) is 21.0. The average molecular weight is 421 g/mol. The monoisotopic (exact) mass is 420 g/mol. The molecule has 0 aromatic rings. The first kappa shape index (κ1) is 24.6. The second-order valence-corrected chi connectivity index (χ2v) is 11.0. The fraction of sp³-hybridized carbons (Fsp3) is 1.00. The highest BCUT2D eigenvalue weighted by molar-refractivity contribution is 4.84. The van der Waals surface area contributed by atoms with Crippen molar-refractivity contribution in [2.24, 2.45) is 23.7 Å². The molecule has 0 amide bonds. The van der Waals surface area contributed by atoms with Gasteiger partial charge >= 0.3 is 0 Å². The van der Waals surface area contributed by atoms with Gasteiger partial charge in [0.15, 0.2) is 0 Å². The third kappa shape index (κ3) is 7.51. The molecule has 0 aromatic heterocycles. The summed E-state index contributed by atoms with van der Waals surface area (Å²) < 4.78 is 12.2. The molecule has 2 heteroatoms. The van der Waals surface area contributed by atoms with Crippen LogP contribution in [-0.2, 0) is 9.47 Å². The summed E-state index contributed by atoms with van der Waals surface area (Å²) in [6.07, 6.45) is 29.5. The lowest BCUT2D eigenvalue weighted by atomic mass is 9.74. The van der Waals surface area contributed by atoms with Gasteiger partial charge in [0, 0.05) is 14.2 Å². The maximum atomic E-state index is 6.08. The maximum absolute atomic E-state index is 6.08. The molecular weight excluding hydrogens is 368 g/mol. The SMILES string of the molecule is COC1C2CCCCCCCC3CCCC(CCCCCCCC1CCC2)C3OC. The van der Waals surface area contributed by atoms with Crippen LogP contribution in [0.1, 0.15) is 128 Å². The summed E-state index contributed by atoms with van der Waals surface area (Å²) >= 11 is 0. The van der Waals surface area contributed by atoms with Crippen molar-refractivity contribution in [2.75, 3.05) is 14.2 Å². The van der Waals surface area contributed by atoms with E-state index in [0.717, 1.165) is 23.7 Å². The number of ether oxygens (including phenoxy) is 2. The molecule has 0 aliphatic heterocycles. The third-order valence-corrected chi connectivity index (χ3v) is 9.00. The second kappa shape index (κ2) is 14.1. The van der Waals surface area contributed by atoms with Crippen molar-refractivity contribution >= 4 is 0 Å². The molecule has 176 valence electrons. The molecule has 3 fully saturated rings. The zero-order valence-electron chi connectivity index (χ0n) is 20.4. The van der Waals surface area contributed by atoms with Crippen LogP contribution in [0, 0.1) is 23.7 Å². The Kier molecular flexibility index (Phi) is 11.6. The lowest BCUT2D eigenvalue weighted by Gasteiger charge is -2.38. The molecule has 3 aliphatic carbocycles. The van der Waals surface area contributed by atoms with Crippen LogP contribution in [0.5, 0.6) is 0 Å². The van der Waals surface area contributed by atoms with Crippen LogP contribution in [0.2, 0.25) is 0 Å². The van der Waals surface area contributed by atoms with E-state index in [9.17, 15) is 0 Å². The molecule has 0 radical (unpaired) electrons. The Morgan fingerprint density at radius 1 is 0.333 bits per heavy atom. The van der Waals surface area contributed by atoms with Crippen molar-refractivity contribution in [3.05, 3.63) is 0 Å². The fourth-order valence-electron chi connectivity index (χ4n) is 7.40. The summed E-state index contributed by atoms with van der Waals surface area (Å²) in [6, 6.07) is 0. The molecule has 0 heterocycles. The molecule has 0 aromatic carbocycles. The highest BCUT2D eigenvalue weighted by atomic mass is 16.5. The van der Waals surface area contributed by atoms with Gasteiger partial charge in [-0.15, -0.1) is 0 Å². The summed E-state index contributed by atoms with van der Waals surface area (Å²) in [7, 11) is 3.97. The van der Waals surface area contributed by atoms with Gasteiger partial charge < -0.3 is 9.47 Å². The van der Waals surface area contributed by atoms with Crippen molar-refractivity contribution in [1.29, 1.82) is 0 Å². The van der Waals surface area contributed by atoms with Gasteiger partial charge in [-0.2, -0.15) is 0 Å². The van der Waals surface area contributed by atoms with Crippen LogP contribution in [0.25, 0.3) is 0 Å². The number of methoxy groups -OCH3 is 2. The van der Waals surface area contributed by atoms with E-state index in [4.69, 9.17) is 9.47 Å². The van der Waals surface area contributed by atoms with Gasteiger partial charge in [-0.1, -0.05) is 77.0 Å². The van der Waals surface area contributed by atoms with Gasteiger partial charge in [0.25, 0.3) is 0 Å². The van der Waals surface area contributed by atoms with Crippen molar-refractivity contribution < 1.29 is 9.47 Å². The molecule has 2 nitrogen and oxygen atoms in total. The minimum atomic E-state index is 0.551. The summed E-state index contributed by atoms with van der Waals surface area (Å²) in [5.74, 6) is 3.34. The van der Waals surface area contributed by atoms with Gasteiger partial charge in [0.1, 0.15) is 0 Å². The first-order chi connectivity index (χ1) is 14.8. The number of rotatable bonds is 2. The van der Waals surface area contributed by atoms with Crippen LogP contribution >= 0.6 is 0 Å². The summed E-state index contributed by atoms with van der Waals surface area (Å²) in [4.78, 5) is 0. The molecule has 3 saturated carbocycles. The standard InChI is InChI=1S/C28H52O2/c1-29-27-23-15-9-5-3-7-11-17-25-21-14-22-26(28(25)30-2)18-12-8-4-6-10-16-24(27)20-13-19-23/h23-28H,3-22H2,1-2H3. The summed E-state index contributed by atoms with van der Waals surface area (Å²) in [6.45, 7) is 0. The Morgan fingerprint density at radius 2 is 0.567 bits per heavy atom. The Labute approximate surface area is 188 Å². The van der Waals surface area contributed by atoms with E-state index in [-0.39, 0.29) is 0 Å². The Bertz CT molecular complexity index is 364. The van der Waals surface area contributed by atoms with Gasteiger partial charge in [0.05, 0.1) is 12.2 Å². The lowest BCUT2D eigenvalue weighted by molar-refractivity contribution is -0.0281. The Balaban J connectivity index is 1.51. The Hall–Kier alpha value is -0.0800. The molecule has 30 heavy (non-hydrogen) atoms. The number of hydrogen-bond donors (Lipinski definition) is 0. The van der Waals surface area contributed by atoms with Crippen LogP contribution < -0.4 is 0 Å². The van der Waals surface area contributed by atoms with Gasteiger partial charge in [-0.25, -0.2) is 0 Å². The first-order valence-electron chi connectivity index (χ1n) is 13.9. The quantitative estimate of drug-likeness (QED) is 0.447. The lowest BCUT2D eigenvalue weighted by Crippen LogP contribution is -2.35. The first-order valence-corrected chi connectivity index (χ1v) is 13.9. The van der Waals surface area contributed by atoms with Gasteiger partial charge in [-0.05, 0) is 75.0 Å². The molecule has 4 bridgehead atoms. The molecular formula is C28H52O2. The van der Waals surface area contributed by atoms with Crippen LogP contribution in [0.4, 0.5) is 0 Å². The number of fused-ring (bicyclic) bond motifs is 4. The van der Waals surface area contributed by atoms with E-state index >= 15 is 0 Å². The van der Waals surface area contributed by atoms with E-state index in [0.29, 0.717) is 12.2 Å². The van der Waals surface area contributed by atoms with Crippen LogP contribution in [0.15, 0.2) is 0 Å². The predicted molar refractivity (Wildman–Crippen MR) is 128 cm³/mol. The minimum Gasteiger partial charge on any atom is -0.381 e. The molecule has 3 aliphatic rings. The maximum Gasteiger partial charge on any atom is 0.0627 e. The molecule has 4 atom stereocenters. The van der Waals surface area contributed by atoms with Gasteiger partial charge in [0.2, 0.25) is 0 Å². The molecule has 3 rings (SSSR count). The smallest absolute Gasteiger partial charge is 0.0627 e. The van der Waals surface area contributed by atoms with Crippen molar-refractivity contribution in [1.82, 2.24) is 0 Å². The predicted octanol–water partition coefficient (Wildman–Crippen LogP) is 8.32. The van der Waals surface area contributed by atoms with Crippen molar-refractivity contribution in [3.8, 4) is 0 Å². The molecule has 0 N–H and O–H groups in total. The highest BCUT2D eigenvalue weighted by Gasteiger charge is 2.33. The van der Waals surface area contributed by atoms with E-state index < -0.39 is 0 Å².